The maximum Gasteiger partial charge on any atom is 0.222 e. The van der Waals surface area contributed by atoms with Gasteiger partial charge in [0.25, 0.3) is 0 Å². The van der Waals surface area contributed by atoms with Crippen LogP contribution in [0.15, 0.2) is 54.6 Å². The molecule has 2 fully saturated rings. The summed E-state index contributed by atoms with van der Waals surface area (Å²) in [7, 11) is 2.11. The van der Waals surface area contributed by atoms with Crippen molar-refractivity contribution in [3.05, 3.63) is 60.2 Å². The van der Waals surface area contributed by atoms with Crippen LogP contribution in [-0.4, -0.2) is 49.2 Å². The number of hydrogen-bond acceptors (Lipinski definition) is 4. The minimum Gasteiger partial charge on any atom is -0.370 e. The Labute approximate surface area is 192 Å². The van der Waals surface area contributed by atoms with Crippen molar-refractivity contribution in [3.63, 3.8) is 0 Å². The van der Waals surface area contributed by atoms with E-state index in [1.54, 1.807) is 0 Å². The summed E-state index contributed by atoms with van der Waals surface area (Å²) in [4.78, 5) is 16.6. The smallest absolute Gasteiger partial charge is 0.222 e. The van der Waals surface area contributed by atoms with Crippen LogP contribution in [0.5, 0.6) is 0 Å². The molecule has 2 aliphatic rings. The Balaban J connectivity index is 1.24. The quantitative estimate of drug-likeness (QED) is 0.682. The van der Waals surface area contributed by atoms with Gasteiger partial charge >= 0.3 is 0 Å². The van der Waals surface area contributed by atoms with Crippen molar-refractivity contribution in [1.29, 1.82) is 0 Å². The van der Waals surface area contributed by atoms with Crippen LogP contribution in [0.25, 0.3) is 0 Å². The van der Waals surface area contributed by atoms with Crippen molar-refractivity contribution in [1.82, 2.24) is 10.2 Å². The Kier molecular flexibility index (Phi) is 7.17. The van der Waals surface area contributed by atoms with Gasteiger partial charge in [-0.25, -0.2) is 0 Å². The Morgan fingerprint density at radius 3 is 2.38 bits per heavy atom. The molecule has 1 spiro atoms. The first-order valence-corrected chi connectivity index (χ1v) is 12.0. The number of nitrogens with zero attached hydrogens (tertiary/aromatic N) is 2. The van der Waals surface area contributed by atoms with Crippen LogP contribution < -0.4 is 10.2 Å². The molecular formula is C27H37N3O2. The number of benzene rings is 2. The van der Waals surface area contributed by atoms with Gasteiger partial charge in [0.2, 0.25) is 5.91 Å². The lowest BCUT2D eigenvalue weighted by Gasteiger charge is -2.39. The molecule has 0 bridgehead atoms. The van der Waals surface area contributed by atoms with E-state index in [-0.39, 0.29) is 23.5 Å². The average Bonchev–Trinajstić information content (AvgIpc) is 3.22. The largest absolute Gasteiger partial charge is 0.370 e. The average molecular weight is 436 g/mol. The summed E-state index contributed by atoms with van der Waals surface area (Å²) in [6, 6.07) is 19.4. The predicted molar refractivity (Wildman–Crippen MR) is 130 cm³/mol. The molecule has 0 radical (unpaired) electrons. The summed E-state index contributed by atoms with van der Waals surface area (Å²) in [5, 5.41) is 3.03. The second-order valence-corrected chi connectivity index (χ2v) is 9.70. The first-order valence-electron chi connectivity index (χ1n) is 12.0. The van der Waals surface area contributed by atoms with Gasteiger partial charge in [0.15, 0.2) is 0 Å². The molecule has 1 N–H and O–H groups in total. The lowest BCUT2D eigenvalue weighted by Crippen LogP contribution is -2.45. The SMILES string of the molecule is CC(C)C(=O)NC[C@H]1CCC2(CCN(Cc3ccc(N(C)c4ccccc4)cc3)CC2)O1. The van der Waals surface area contributed by atoms with Gasteiger partial charge < -0.3 is 15.0 Å². The monoisotopic (exact) mass is 435 g/mol. The van der Waals surface area contributed by atoms with Crippen LogP contribution in [0.2, 0.25) is 0 Å². The van der Waals surface area contributed by atoms with E-state index in [2.05, 4.69) is 70.7 Å². The molecule has 0 saturated carbocycles. The zero-order chi connectivity index (χ0) is 22.6. The van der Waals surface area contributed by atoms with Crippen LogP contribution in [0, 0.1) is 5.92 Å². The van der Waals surface area contributed by atoms with Crippen molar-refractivity contribution in [2.24, 2.45) is 5.92 Å². The van der Waals surface area contributed by atoms with Gasteiger partial charge in [-0.1, -0.05) is 44.2 Å². The number of nitrogens with one attached hydrogen (secondary N) is 1. The van der Waals surface area contributed by atoms with Crippen molar-refractivity contribution in [2.75, 3.05) is 31.6 Å². The number of amides is 1. The molecule has 2 saturated heterocycles. The number of hydrogen-bond donors (Lipinski definition) is 1. The first kappa shape index (κ1) is 22.8. The minimum atomic E-state index is 0.0198. The summed E-state index contributed by atoms with van der Waals surface area (Å²) >= 11 is 0. The summed E-state index contributed by atoms with van der Waals surface area (Å²) in [6.07, 6.45) is 4.49. The van der Waals surface area contributed by atoms with Crippen molar-refractivity contribution >= 4 is 17.3 Å². The van der Waals surface area contributed by atoms with E-state index in [4.69, 9.17) is 4.74 Å². The molecule has 0 unspecified atom stereocenters. The first-order chi connectivity index (χ1) is 15.4. The summed E-state index contributed by atoms with van der Waals surface area (Å²) in [6.45, 7) is 7.62. The molecule has 0 aliphatic carbocycles. The number of rotatable bonds is 7. The van der Waals surface area contributed by atoms with Gasteiger partial charge in [0.1, 0.15) is 0 Å². The van der Waals surface area contributed by atoms with Crippen molar-refractivity contribution < 1.29 is 9.53 Å². The predicted octanol–water partition coefficient (Wildman–Crippen LogP) is 4.74. The molecule has 2 aromatic rings. The normalized spacial score (nSPS) is 20.6. The summed E-state index contributed by atoms with van der Waals surface area (Å²) < 4.78 is 6.46. The van der Waals surface area contributed by atoms with E-state index in [0.29, 0.717) is 6.54 Å². The zero-order valence-corrected chi connectivity index (χ0v) is 19.7. The summed E-state index contributed by atoms with van der Waals surface area (Å²) in [5.74, 6) is 0.145. The molecule has 32 heavy (non-hydrogen) atoms. The number of likely N-dealkylation sites (tertiary alicyclic amines) is 1. The molecule has 5 heteroatoms. The van der Waals surface area contributed by atoms with E-state index >= 15 is 0 Å². The van der Waals surface area contributed by atoms with Gasteiger partial charge in [0.05, 0.1) is 11.7 Å². The highest BCUT2D eigenvalue weighted by molar-refractivity contribution is 5.77. The maximum absolute atomic E-state index is 11.8. The highest BCUT2D eigenvalue weighted by Crippen LogP contribution is 2.39. The Bertz CT molecular complexity index is 874. The fraction of sp³-hybridized carbons (Fsp3) is 0.519. The molecular weight excluding hydrogens is 398 g/mol. The van der Waals surface area contributed by atoms with Gasteiger partial charge in [-0.05, 0) is 55.5 Å². The second kappa shape index (κ2) is 10.1. The van der Waals surface area contributed by atoms with E-state index in [0.717, 1.165) is 45.3 Å². The molecule has 0 aromatic heterocycles. The third-order valence-corrected chi connectivity index (χ3v) is 7.01. The van der Waals surface area contributed by atoms with Gasteiger partial charge in [0, 0.05) is 50.5 Å². The third-order valence-electron chi connectivity index (χ3n) is 7.01. The standard InChI is InChI=1S/C27H37N3O2/c1-21(2)26(31)28-19-25-13-14-27(32-25)15-17-30(18-16-27)20-22-9-11-24(12-10-22)29(3)23-7-5-4-6-8-23/h4-12,21,25H,13-20H2,1-3H3,(H,28,31)/t25-/m1/s1. The highest BCUT2D eigenvalue weighted by Gasteiger charge is 2.42. The zero-order valence-electron chi connectivity index (χ0n) is 19.7. The number of carbonyl (C=O) groups excluding carboxylic acids is 1. The lowest BCUT2D eigenvalue weighted by atomic mass is 9.88. The minimum absolute atomic E-state index is 0.0198. The van der Waals surface area contributed by atoms with E-state index in [1.165, 1.54) is 16.9 Å². The second-order valence-electron chi connectivity index (χ2n) is 9.70. The lowest BCUT2D eigenvalue weighted by molar-refractivity contribution is -0.125. The third kappa shape index (κ3) is 5.51. The van der Waals surface area contributed by atoms with Crippen molar-refractivity contribution in [3.8, 4) is 0 Å². The van der Waals surface area contributed by atoms with Gasteiger partial charge in [-0.15, -0.1) is 0 Å². The molecule has 172 valence electrons. The van der Waals surface area contributed by atoms with Crippen LogP contribution in [0.3, 0.4) is 0 Å². The molecule has 5 nitrogen and oxygen atoms in total. The Morgan fingerprint density at radius 1 is 1.06 bits per heavy atom. The van der Waals surface area contributed by atoms with E-state index in [9.17, 15) is 4.79 Å². The van der Waals surface area contributed by atoms with Gasteiger partial charge in [-0.3, -0.25) is 9.69 Å². The van der Waals surface area contributed by atoms with Crippen LogP contribution in [-0.2, 0) is 16.1 Å². The fourth-order valence-corrected chi connectivity index (χ4v) is 4.83. The fourth-order valence-electron chi connectivity index (χ4n) is 4.83. The van der Waals surface area contributed by atoms with Crippen LogP contribution in [0.1, 0.15) is 45.1 Å². The van der Waals surface area contributed by atoms with E-state index < -0.39 is 0 Å². The number of para-hydroxylation sites is 1. The van der Waals surface area contributed by atoms with Crippen molar-refractivity contribution in [2.45, 2.75) is 57.8 Å². The molecule has 1 atom stereocenters. The Morgan fingerprint density at radius 2 is 1.72 bits per heavy atom. The molecule has 2 heterocycles. The molecule has 2 aliphatic heterocycles. The van der Waals surface area contributed by atoms with Crippen LogP contribution in [0.4, 0.5) is 11.4 Å². The number of piperidine rings is 1. The molecule has 1 amide bonds. The van der Waals surface area contributed by atoms with Gasteiger partial charge in [-0.2, -0.15) is 0 Å². The Hall–Kier alpha value is -2.37. The topological polar surface area (TPSA) is 44.8 Å². The molecule has 2 aromatic carbocycles. The molecule has 4 rings (SSSR count). The number of carbonyl (C=O) groups is 1. The number of anilines is 2. The summed E-state index contributed by atoms with van der Waals surface area (Å²) in [5.41, 5.74) is 3.77. The number of ether oxygens (including phenoxy) is 1. The maximum atomic E-state index is 11.8. The highest BCUT2D eigenvalue weighted by atomic mass is 16.5. The van der Waals surface area contributed by atoms with E-state index in [1.807, 2.05) is 19.9 Å². The van der Waals surface area contributed by atoms with Crippen LogP contribution >= 0.6 is 0 Å².